The highest BCUT2D eigenvalue weighted by atomic mass is 32.2. The highest BCUT2D eigenvalue weighted by molar-refractivity contribution is 8.26. The Labute approximate surface area is 121 Å². The molecule has 3 nitrogen and oxygen atoms in total. The molecule has 1 fully saturated rings. The molecule has 0 radical (unpaired) electrons. The minimum Gasteiger partial charge on any atom is -0.497 e. The monoisotopic (exact) mass is 291 g/mol. The molecule has 1 aliphatic heterocycles. The molecule has 5 heteroatoms. The summed E-state index contributed by atoms with van der Waals surface area (Å²) in [4.78, 5) is 14.3. The van der Waals surface area contributed by atoms with Crippen LogP contribution >= 0.6 is 24.0 Å². The summed E-state index contributed by atoms with van der Waals surface area (Å²) in [5.41, 5.74) is 0.944. The van der Waals surface area contributed by atoms with Crippen molar-refractivity contribution in [3.8, 4) is 5.75 Å². The Bertz CT molecular complexity index is 549. The van der Waals surface area contributed by atoms with Gasteiger partial charge in [-0.15, -0.1) is 6.58 Å². The van der Waals surface area contributed by atoms with Gasteiger partial charge in [0.15, 0.2) is 0 Å². The maximum Gasteiger partial charge on any atom is 0.266 e. The highest BCUT2D eigenvalue weighted by Crippen LogP contribution is 2.32. The summed E-state index contributed by atoms with van der Waals surface area (Å²) < 4.78 is 5.67. The first kappa shape index (κ1) is 13.8. The summed E-state index contributed by atoms with van der Waals surface area (Å²) in [5.74, 6) is 0.724. The van der Waals surface area contributed by atoms with Gasteiger partial charge in [-0.1, -0.05) is 42.2 Å². The molecule has 1 heterocycles. The number of hydrogen-bond acceptors (Lipinski definition) is 4. The second-order valence-corrected chi connectivity index (χ2v) is 5.53. The van der Waals surface area contributed by atoms with Crippen molar-refractivity contribution < 1.29 is 9.53 Å². The summed E-state index contributed by atoms with van der Waals surface area (Å²) in [6, 6.07) is 7.52. The van der Waals surface area contributed by atoms with E-state index in [1.165, 1.54) is 11.8 Å². The zero-order chi connectivity index (χ0) is 13.8. The maximum atomic E-state index is 12.1. The summed E-state index contributed by atoms with van der Waals surface area (Å²) in [7, 11) is 1.62. The van der Waals surface area contributed by atoms with E-state index in [2.05, 4.69) is 6.58 Å². The average Bonchev–Trinajstić information content (AvgIpc) is 2.68. The third kappa shape index (κ3) is 3.05. The first-order valence-corrected chi connectivity index (χ1v) is 6.88. The van der Waals surface area contributed by atoms with Crippen LogP contribution in [0.4, 0.5) is 0 Å². The van der Waals surface area contributed by atoms with Crippen molar-refractivity contribution in [2.45, 2.75) is 0 Å². The Hall–Kier alpha value is -1.59. The van der Waals surface area contributed by atoms with Gasteiger partial charge in [0.1, 0.15) is 10.1 Å². The second-order valence-electron chi connectivity index (χ2n) is 3.85. The van der Waals surface area contributed by atoms with Crippen LogP contribution in [-0.4, -0.2) is 28.8 Å². The molecule has 0 spiro atoms. The predicted octanol–water partition coefficient (Wildman–Crippen LogP) is 3.08. The zero-order valence-electron chi connectivity index (χ0n) is 10.5. The van der Waals surface area contributed by atoms with Crippen LogP contribution in [0.25, 0.3) is 6.08 Å². The molecule has 2 rings (SSSR count). The molecule has 0 unspecified atom stereocenters. The zero-order valence-corrected chi connectivity index (χ0v) is 12.1. The second kappa shape index (κ2) is 6.04. The summed E-state index contributed by atoms with van der Waals surface area (Å²) in [6.45, 7) is 4.07. The Morgan fingerprint density at radius 2 is 2.11 bits per heavy atom. The topological polar surface area (TPSA) is 29.5 Å². The summed E-state index contributed by atoms with van der Waals surface area (Å²) in [5, 5.41) is 0. The van der Waals surface area contributed by atoms with Gasteiger partial charge in [-0.25, -0.2) is 0 Å². The lowest BCUT2D eigenvalue weighted by atomic mass is 10.2. The Kier molecular flexibility index (Phi) is 4.39. The van der Waals surface area contributed by atoms with Crippen LogP contribution in [0.5, 0.6) is 5.75 Å². The van der Waals surface area contributed by atoms with Crippen molar-refractivity contribution in [2.75, 3.05) is 13.7 Å². The molecule has 98 valence electrons. The molecule has 0 aliphatic carbocycles. The molecule has 1 amide bonds. The normalized spacial score (nSPS) is 17.1. The van der Waals surface area contributed by atoms with Gasteiger partial charge in [0, 0.05) is 6.54 Å². The molecule has 1 aliphatic rings. The Morgan fingerprint density at radius 3 is 2.68 bits per heavy atom. The van der Waals surface area contributed by atoms with E-state index in [-0.39, 0.29) is 5.91 Å². The van der Waals surface area contributed by atoms with Crippen LogP contribution in [0.2, 0.25) is 0 Å². The van der Waals surface area contributed by atoms with Gasteiger partial charge in [-0.05, 0) is 23.8 Å². The average molecular weight is 291 g/mol. The predicted molar refractivity (Wildman–Crippen MR) is 83.1 cm³/mol. The van der Waals surface area contributed by atoms with E-state index < -0.39 is 0 Å². The Morgan fingerprint density at radius 1 is 1.42 bits per heavy atom. The molecule has 0 saturated carbocycles. The van der Waals surface area contributed by atoms with Gasteiger partial charge in [0.2, 0.25) is 0 Å². The van der Waals surface area contributed by atoms with Crippen molar-refractivity contribution in [3.63, 3.8) is 0 Å². The fourth-order valence-corrected chi connectivity index (χ4v) is 2.91. The smallest absolute Gasteiger partial charge is 0.266 e. The van der Waals surface area contributed by atoms with Crippen molar-refractivity contribution in [3.05, 3.63) is 47.4 Å². The molecule has 1 aromatic rings. The van der Waals surface area contributed by atoms with Crippen molar-refractivity contribution >= 4 is 40.3 Å². The van der Waals surface area contributed by atoms with Gasteiger partial charge in [-0.3, -0.25) is 9.69 Å². The molecule has 19 heavy (non-hydrogen) atoms. The molecule has 0 N–H and O–H groups in total. The van der Waals surface area contributed by atoms with Crippen LogP contribution in [0.3, 0.4) is 0 Å². The van der Waals surface area contributed by atoms with Crippen LogP contribution in [0.1, 0.15) is 5.56 Å². The van der Waals surface area contributed by atoms with Crippen molar-refractivity contribution in [2.24, 2.45) is 0 Å². The third-order valence-corrected chi connectivity index (χ3v) is 3.98. The van der Waals surface area contributed by atoms with E-state index in [4.69, 9.17) is 17.0 Å². The molecule has 1 aromatic carbocycles. The standard InChI is InChI=1S/C14H13NO2S2/c1-3-8-15-13(16)12(19-14(15)18)9-10-4-6-11(17-2)7-5-10/h3-7,9H,1,8H2,2H3/b12-9+. The largest absolute Gasteiger partial charge is 0.497 e. The summed E-state index contributed by atoms with van der Waals surface area (Å²) >= 11 is 6.49. The number of rotatable bonds is 4. The number of benzene rings is 1. The number of thioether (sulfide) groups is 1. The van der Waals surface area contributed by atoms with Gasteiger partial charge >= 0.3 is 0 Å². The van der Waals surface area contributed by atoms with Crippen molar-refractivity contribution in [1.82, 2.24) is 4.90 Å². The van der Waals surface area contributed by atoms with E-state index in [1.807, 2.05) is 30.3 Å². The van der Waals surface area contributed by atoms with E-state index in [9.17, 15) is 4.79 Å². The first-order chi connectivity index (χ1) is 9.15. The first-order valence-electron chi connectivity index (χ1n) is 5.66. The molecular weight excluding hydrogens is 278 g/mol. The lowest BCUT2D eigenvalue weighted by Gasteiger charge is -2.10. The maximum absolute atomic E-state index is 12.1. The van der Waals surface area contributed by atoms with E-state index in [0.717, 1.165) is 11.3 Å². The molecule has 0 bridgehead atoms. The number of amides is 1. The molecule has 1 saturated heterocycles. The van der Waals surface area contributed by atoms with E-state index in [1.54, 1.807) is 18.1 Å². The van der Waals surface area contributed by atoms with Crippen LogP contribution < -0.4 is 4.74 Å². The van der Waals surface area contributed by atoms with Gasteiger partial charge in [-0.2, -0.15) is 0 Å². The van der Waals surface area contributed by atoms with Gasteiger partial charge in [0.25, 0.3) is 5.91 Å². The van der Waals surface area contributed by atoms with Gasteiger partial charge in [0.05, 0.1) is 12.0 Å². The SMILES string of the molecule is C=CCN1C(=O)/C(=C\c2ccc(OC)cc2)SC1=S. The summed E-state index contributed by atoms with van der Waals surface area (Å²) in [6.07, 6.45) is 3.50. The number of thiocarbonyl (C=S) groups is 1. The minimum absolute atomic E-state index is 0.0641. The van der Waals surface area contributed by atoms with Crippen LogP contribution in [0, 0.1) is 0 Å². The van der Waals surface area contributed by atoms with E-state index in [0.29, 0.717) is 15.8 Å². The van der Waals surface area contributed by atoms with Crippen LogP contribution in [-0.2, 0) is 4.79 Å². The number of carbonyl (C=O) groups excluding carboxylic acids is 1. The number of nitrogens with zero attached hydrogens (tertiary/aromatic N) is 1. The lowest BCUT2D eigenvalue weighted by Crippen LogP contribution is -2.27. The molecule has 0 atom stereocenters. The number of methoxy groups -OCH3 is 1. The quantitative estimate of drug-likeness (QED) is 0.484. The number of carbonyl (C=O) groups is 1. The molecular formula is C14H13NO2S2. The van der Waals surface area contributed by atoms with Crippen LogP contribution in [0.15, 0.2) is 41.8 Å². The van der Waals surface area contributed by atoms with Crippen molar-refractivity contribution in [1.29, 1.82) is 0 Å². The van der Waals surface area contributed by atoms with Gasteiger partial charge < -0.3 is 4.74 Å². The fraction of sp³-hybridized carbons (Fsp3) is 0.143. The fourth-order valence-electron chi connectivity index (χ4n) is 1.64. The minimum atomic E-state index is -0.0641. The molecule has 0 aromatic heterocycles. The van der Waals surface area contributed by atoms with E-state index >= 15 is 0 Å². The number of hydrogen-bond donors (Lipinski definition) is 0. The highest BCUT2D eigenvalue weighted by Gasteiger charge is 2.30. The third-order valence-electron chi connectivity index (χ3n) is 2.60. The number of ether oxygens (including phenoxy) is 1. The Balaban J connectivity index is 2.21. The lowest BCUT2D eigenvalue weighted by molar-refractivity contribution is -0.121.